The lowest BCUT2D eigenvalue weighted by Gasteiger charge is -2.10. The monoisotopic (exact) mass is 289 g/mol. The molecule has 5 heteroatoms. The maximum absolute atomic E-state index is 13.5. The highest BCUT2D eigenvalue weighted by Crippen LogP contribution is 2.28. The molecule has 0 saturated heterocycles. The average Bonchev–Trinajstić information content (AvgIpc) is 2.70. The predicted molar refractivity (Wildman–Crippen MR) is 71.4 cm³/mol. The van der Waals surface area contributed by atoms with E-state index in [9.17, 15) is 4.39 Å². The fourth-order valence-corrected chi connectivity index (χ4v) is 2.82. The van der Waals surface area contributed by atoms with Gasteiger partial charge in [-0.05, 0) is 42.3 Å². The van der Waals surface area contributed by atoms with Gasteiger partial charge in [-0.25, -0.2) is 4.39 Å². The van der Waals surface area contributed by atoms with Crippen LogP contribution in [0.5, 0.6) is 0 Å². The van der Waals surface area contributed by atoms with Gasteiger partial charge in [-0.15, -0.1) is 11.3 Å². The topological polar surface area (TPSA) is 26.0 Å². The van der Waals surface area contributed by atoms with Gasteiger partial charge in [-0.1, -0.05) is 23.2 Å². The van der Waals surface area contributed by atoms with Crippen LogP contribution in [0.4, 0.5) is 4.39 Å². The second kappa shape index (κ2) is 5.36. The molecule has 17 heavy (non-hydrogen) atoms. The molecule has 0 aliphatic carbocycles. The molecule has 0 spiro atoms. The molecule has 1 aromatic heterocycles. The van der Waals surface area contributed by atoms with Gasteiger partial charge in [0, 0.05) is 15.9 Å². The first-order valence-electron chi connectivity index (χ1n) is 5.01. The van der Waals surface area contributed by atoms with Crippen LogP contribution < -0.4 is 5.73 Å². The third-order valence-corrected chi connectivity index (χ3v) is 4.01. The molecule has 1 nitrogen and oxygen atoms in total. The van der Waals surface area contributed by atoms with E-state index < -0.39 is 0 Å². The molecule has 0 radical (unpaired) electrons. The van der Waals surface area contributed by atoms with Gasteiger partial charge in [0.05, 0.1) is 4.34 Å². The molecule has 0 amide bonds. The lowest BCUT2D eigenvalue weighted by atomic mass is 10.1. The maximum atomic E-state index is 13.5. The highest BCUT2D eigenvalue weighted by atomic mass is 35.5. The van der Waals surface area contributed by atoms with E-state index in [0.717, 1.165) is 4.88 Å². The lowest BCUT2D eigenvalue weighted by molar-refractivity contribution is 0.595. The van der Waals surface area contributed by atoms with Crippen molar-refractivity contribution >= 4 is 34.5 Å². The van der Waals surface area contributed by atoms with Crippen LogP contribution in [0.15, 0.2) is 30.3 Å². The summed E-state index contributed by atoms with van der Waals surface area (Å²) < 4.78 is 14.2. The van der Waals surface area contributed by atoms with E-state index in [2.05, 4.69) is 0 Å². The van der Waals surface area contributed by atoms with Crippen molar-refractivity contribution in [3.05, 3.63) is 55.9 Å². The normalized spacial score (nSPS) is 12.7. The lowest BCUT2D eigenvalue weighted by Crippen LogP contribution is -2.12. The fraction of sp³-hybridized carbons (Fsp3) is 0.167. The van der Waals surface area contributed by atoms with Crippen molar-refractivity contribution in [3.63, 3.8) is 0 Å². The van der Waals surface area contributed by atoms with E-state index in [0.29, 0.717) is 21.3 Å². The summed E-state index contributed by atoms with van der Waals surface area (Å²) in [4.78, 5) is 0.939. The Morgan fingerprint density at radius 2 is 2.00 bits per heavy atom. The van der Waals surface area contributed by atoms with Gasteiger partial charge in [-0.3, -0.25) is 0 Å². The van der Waals surface area contributed by atoms with E-state index >= 15 is 0 Å². The number of nitrogens with two attached hydrogens (primary N) is 1. The summed E-state index contributed by atoms with van der Waals surface area (Å²) in [5, 5.41) is 0.512. The summed E-state index contributed by atoms with van der Waals surface area (Å²) in [5.74, 6) is -0.285. The number of hydrogen-bond donors (Lipinski definition) is 1. The van der Waals surface area contributed by atoms with E-state index in [-0.39, 0.29) is 11.9 Å². The van der Waals surface area contributed by atoms with E-state index in [1.54, 1.807) is 12.1 Å². The minimum atomic E-state index is -0.285. The zero-order valence-electron chi connectivity index (χ0n) is 8.79. The van der Waals surface area contributed by atoms with Crippen molar-refractivity contribution in [1.29, 1.82) is 0 Å². The molecule has 0 aliphatic rings. The van der Waals surface area contributed by atoms with Gasteiger partial charge in [0.25, 0.3) is 0 Å². The summed E-state index contributed by atoms with van der Waals surface area (Å²) in [6.45, 7) is 0. The van der Waals surface area contributed by atoms with Crippen LogP contribution in [0.2, 0.25) is 9.36 Å². The third kappa shape index (κ3) is 3.19. The van der Waals surface area contributed by atoms with Crippen molar-refractivity contribution in [3.8, 4) is 0 Å². The van der Waals surface area contributed by atoms with Crippen molar-refractivity contribution < 1.29 is 4.39 Å². The molecule has 0 bridgehead atoms. The molecule has 1 heterocycles. The van der Waals surface area contributed by atoms with E-state index in [1.165, 1.54) is 23.5 Å². The Labute approximate surface area is 113 Å². The maximum Gasteiger partial charge on any atom is 0.126 e. The second-order valence-corrected chi connectivity index (χ2v) is 5.87. The fourth-order valence-electron chi connectivity index (χ4n) is 1.56. The Morgan fingerprint density at radius 3 is 2.65 bits per heavy atom. The molecule has 2 rings (SSSR count). The van der Waals surface area contributed by atoms with Crippen molar-refractivity contribution in [2.24, 2.45) is 5.73 Å². The second-order valence-electron chi connectivity index (χ2n) is 3.69. The van der Waals surface area contributed by atoms with Crippen LogP contribution in [0.25, 0.3) is 0 Å². The SMILES string of the molecule is NC(Cc1cc(Cl)ccc1F)c1ccc(Cl)s1. The molecule has 0 fully saturated rings. The predicted octanol–water partition coefficient (Wildman–Crippen LogP) is 4.44. The minimum Gasteiger partial charge on any atom is -0.323 e. The zero-order valence-corrected chi connectivity index (χ0v) is 11.1. The van der Waals surface area contributed by atoms with Crippen LogP contribution in [0.3, 0.4) is 0 Å². The number of hydrogen-bond acceptors (Lipinski definition) is 2. The van der Waals surface area contributed by atoms with Gasteiger partial charge in [0.2, 0.25) is 0 Å². The van der Waals surface area contributed by atoms with Crippen LogP contribution in [-0.2, 0) is 6.42 Å². The van der Waals surface area contributed by atoms with Crippen LogP contribution in [-0.4, -0.2) is 0 Å². The average molecular weight is 290 g/mol. The summed E-state index contributed by atoms with van der Waals surface area (Å²) >= 11 is 13.1. The highest BCUT2D eigenvalue weighted by molar-refractivity contribution is 7.16. The van der Waals surface area contributed by atoms with Crippen LogP contribution in [0, 0.1) is 5.82 Å². The minimum absolute atomic E-state index is 0.263. The Hall–Kier alpha value is -0.610. The first kappa shape index (κ1) is 12.8. The highest BCUT2D eigenvalue weighted by Gasteiger charge is 2.12. The van der Waals surface area contributed by atoms with E-state index in [4.69, 9.17) is 28.9 Å². The molecular formula is C12H10Cl2FNS. The van der Waals surface area contributed by atoms with Crippen LogP contribution >= 0.6 is 34.5 Å². The van der Waals surface area contributed by atoms with Crippen molar-refractivity contribution in [1.82, 2.24) is 0 Å². The van der Waals surface area contributed by atoms with Gasteiger partial charge >= 0.3 is 0 Å². The quantitative estimate of drug-likeness (QED) is 0.888. The Bertz CT molecular complexity index is 527. The van der Waals surface area contributed by atoms with Gasteiger partial charge in [0.1, 0.15) is 5.82 Å². The largest absolute Gasteiger partial charge is 0.323 e. The number of benzene rings is 1. The first-order chi connectivity index (χ1) is 8.06. The molecule has 90 valence electrons. The Kier molecular flexibility index (Phi) is 4.05. The van der Waals surface area contributed by atoms with E-state index in [1.807, 2.05) is 6.07 Å². The molecule has 0 saturated carbocycles. The van der Waals surface area contributed by atoms with Crippen molar-refractivity contribution in [2.45, 2.75) is 12.5 Å². The molecule has 0 aliphatic heterocycles. The molecular weight excluding hydrogens is 280 g/mol. The van der Waals surface area contributed by atoms with Crippen LogP contribution in [0.1, 0.15) is 16.5 Å². The Morgan fingerprint density at radius 1 is 1.24 bits per heavy atom. The number of rotatable bonds is 3. The zero-order chi connectivity index (χ0) is 12.4. The molecule has 1 aromatic carbocycles. The van der Waals surface area contributed by atoms with Gasteiger partial charge in [0.15, 0.2) is 0 Å². The number of halogens is 3. The van der Waals surface area contributed by atoms with Gasteiger partial charge in [-0.2, -0.15) is 0 Å². The summed E-state index contributed by atoms with van der Waals surface area (Å²) in [5.41, 5.74) is 6.52. The Balaban J connectivity index is 2.18. The molecule has 1 unspecified atom stereocenters. The first-order valence-corrected chi connectivity index (χ1v) is 6.58. The molecule has 1 atom stereocenters. The summed E-state index contributed by atoms with van der Waals surface area (Å²) in [6, 6.07) is 7.86. The summed E-state index contributed by atoms with van der Waals surface area (Å²) in [6.07, 6.45) is 0.406. The standard InChI is InChI=1S/C12H10Cl2FNS/c13-8-1-2-9(15)7(5-8)6-10(16)11-3-4-12(14)17-11/h1-5,10H,6,16H2. The summed E-state index contributed by atoms with van der Waals surface area (Å²) in [7, 11) is 0. The van der Waals surface area contributed by atoms with Crippen molar-refractivity contribution in [2.75, 3.05) is 0 Å². The molecule has 2 N–H and O–H groups in total. The molecule has 2 aromatic rings. The smallest absolute Gasteiger partial charge is 0.126 e. The number of thiophene rings is 1. The van der Waals surface area contributed by atoms with Gasteiger partial charge < -0.3 is 5.73 Å². The third-order valence-electron chi connectivity index (χ3n) is 2.41.